The Labute approximate surface area is 204 Å². The van der Waals surface area contributed by atoms with Crippen molar-refractivity contribution < 1.29 is 4.79 Å². The fraction of sp³-hybridized carbons (Fsp3) is 0.333. The van der Waals surface area contributed by atoms with Crippen LogP contribution < -0.4 is 5.32 Å². The SMILES string of the molecule is Cc1ccc(Cc2c(C)nc3nc(SCC(=O)N[C@H]4CCCc5ccccc54)nn3c2C)cc1. The highest BCUT2D eigenvalue weighted by molar-refractivity contribution is 7.99. The van der Waals surface area contributed by atoms with Crippen LogP contribution in [-0.2, 0) is 17.6 Å². The molecule has 0 fully saturated rings. The van der Waals surface area contributed by atoms with Crippen molar-refractivity contribution >= 4 is 23.4 Å². The second kappa shape index (κ2) is 9.58. The summed E-state index contributed by atoms with van der Waals surface area (Å²) in [5, 5.41) is 8.42. The number of aromatic nitrogens is 4. The van der Waals surface area contributed by atoms with Crippen LogP contribution >= 0.6 is 11.8 Å². The van der Waals surface area contributed by atoms with Crippen molar-refractivity contribution in [3.05, 3.63) is 87.7 Å². The lowest BCUT2D eigenvalue weighted by Gasteiger charge is -2.26. The summed E-state index contributed by atoms with van der Waals surface area (Å²) >= 11 is 1.36. The van der Waals surface area contributed by atoms with Crippen LogP contribution in [-0.4, -0.2) is 31.2 Å². The van der Waals surface area contributed by atoms with E-state index in [4.69, 9.17) is 4.98 Å². The maximum atomic E-state index is 12.7. The van der Waals surface area contributed by atoms with Gasteiger partial charge in [-0.05, 0) is 62.3 Å². The fourth-order valence-corrected chi connectivity index (χ4v) is 5.32. The number of carbonyl (C=O) groups excluding carboxylic acids is 1. The quantitative estimate of drug-likeness (QED) is 0.404. The number of rotatable bonds is 6. The highest BCUT2D eigenvalue weighted by Crippen LogP contribution is 2.29. The normalized spacial score (nSPS) is 15.3. The molecule has 1 aliphatic rings. The van der Waals surface area contributed by atoms with Gasteiger partial charge in [0.15, 0.2) is 0 Å². The molecule has 0 bridgehead atoms. The summed E-state index contributed by atoms with van der Waals surface area (Å²) in [7, 11) is 0. The van der Waals surface area contributed by atoms with E-state index in [1.165, 1.54) is 34.0 Å². The minimum absolute atomic E-state index is 0.00600. The molecular formula is C27H29N5OS. The molecule has 0 saturated heterocycles. The summed E-state index contributed by atoms with van der Waals surface area (Å²) in [6.07, 6.45) is 3.96. The molecule has 174 valence electrons. The van der Waals surface area contributed by atoms with Gasteiger partial charge in [-0.1, -0.05) is 65.9 Å². The van der Waals surface area contributed by atoms with E-state index in [0.29, 0.717) is 10.9 Å². The molecule has 0 spiro atoms. The summed E-state index contributed by atoms with van der Waals surface area (Å²) in [6, 6.07) is 17.1. The summed E-state index contributed by atoms with van der Waals surface area (Å²) in [5.74, 6) is 0.863. The zero-order valence-electron chi connectivity index (χ0n) is 19.8. The maximum Gasteiger partial charge on any atom is 0.253 e. The summed E-state index contributed by atoms with van der Waals surface area (Å²) < 4.78 is 1.80. The van der Waals surface area contributed by atoms with Crippen LogP contribution in [0.1, 0.15) is 58.1 Å². The zero-order valence-corrected chi connectivity index (χ0v) is 20.7. The van der Waals surface area contributed by atoms with Crippen LogP contribution in [0.25, 0.3) is 5.78 Å². The Hall–Kier alpha value is -3.19. The molecule has 34 heavy (non-hydrogen) atoms. The molecule has 1 amide bonds. The largest absolute Gasteiger partial charge is 0.349 e. The highest BCUT2D eigenvalue weighted by atomic mass is 32.2. The molecule has 7 heteroatoms. The molecule has 1 atom stereocenters. The zero-order chi connectivity index (χ0) is 23.7. The Kier molecular flexibility index (Phi) is 6.37. The second-order valence-electron chi connectivity index (χ2n) is 9.03. The standard InChI is InChI=1S/C27H29N5OS/c1-17-11-13-20(14-12-17)15-23-18(2)28-26-30-27(31-32(26)19(23)3)34-16-25(33)29-24-10-6-8-21-7-4-5-9-22(21)24/h4-5,7,9,11-14,24H,6,8,10,15-16H2,1-3H3,(H,29,33)/t24-/m0/s1. The number of aryl methyl sites for hydroxylation is 4. The molecule has 2 aromatic heterocycles. The van der Waals surface area contributed by atoms with Crippen molar-refractivity contribution in [2.75, 3.05) is 5.75 Å². The molecular weight excluding hydrogens is 442 g/mol. The van der Waals surface area contributed by atoms with Gasteiger partial charge in [0.2, 0.25) is 11.1 Å². The third-order valence-corrected chi connectivity index (χ3v) is 7.41. The second-order valence-corrected chi connectivity index (χ2v) is 9.97. The minimum Gasteiger partial charge on any atom is -0.349 e. The van der Waals surface area contributed by atoms with Crippen LogP contribution in [0, 0.1) is 20.8 Å². The third kappa shape index (κ3) is 4.71. The topological polar surface area (TPSA) is 72.2 Å². The molecule has 2 heterocycles. The van der Waals surface area contributed by atoms with E-state index in [1.807, 2.05) is 13.0 Å². The molecule has 0 saturated carbocycles. The van der Waals surface area contributed by atoms with Crippen molar-refractivity contribution in [3.8, 4) is 0 Å². The van der Waals surface area contributed by atoms with Crippen molar-refractivity contribution in [1.29, 1.82) is 0 Å². The van der Waals surface area contributed by atoms with Gasteiger partial charge in [0, 0.05) is 17.8 Å². The van der Waals surface area contributed by atoms with Crippen LogP contribution in [0.4, 0.5) is 0 Å². The van der Waals surface area contributed by atoms with Crippen LogP contribution in [0.15, 0.2) is 53.7 Å². The molecule has 0 radical (unpaired) electrons. The summed E-state index contributed by atoms with van der Waals surface area (Å²) in [5.41, 5.74) is 8.23. The van der Waals surface area contributed by atoms with Gasteiger partial charge >= 0.3 is 0 Å². The number of hydrogen-bond donors (Lipinski definition) is 1. The number of carbonyl (C=O) groups is 1. The van der Waals surface area contributed by atoms with Crippen molar-refractivity contribution in [1.82, 2.24) is 24.9 Å². The fourth-order valence-electron chi connectivity index (χ4n) is 4.69. The Morgan fingerprint density at radius 1 is 1.09 bits per heavy atom. The first-order chi connectivity index (χ1) is 16.5. The molecule has 0 aliphatic heterocycles. The van der Waals surface area contributed by atoms with Crippen LogP contribution in [0.2, 0.25) is 0 Å². The molecule has 1 N–H and O–H groups in total. The maximum absolute atomic E-state index is 12.7. The van der Waals surface area contributed by atoms with Gasteiger partial charge in [-0.3, -0.25) is 4.79 Å². The molecule has 6 nitrogen and oxygen atoms in total. The molecule has 2 aromatic carbocycles. The monoisotopic (exact) mass is 471 g/mol. The number of thioether (sulfide) groups is 1. The highest BCUT2D eigenvalue weighted by Gasteiger charge is 2.22. The predicted molar refractivity (Wildman–Crippen MR) is 135 cm³/mol. The van der Waals surface area contributed by atoms with Crippen LogP contribution in [0.3, 0.4) is 0 Å². The summed E-state index contributed by atoms with van der Waals surface area (Å²) in [4.78, 5) is 22.0. The van der Waals surface area contributed by atoms with Gasteiger partial charge in [-0.25, -0.2) is 9.50 Å². The van der Waals surface area contributed by atoms with Gasteiger partial charge in [-0.15, -0.1) is 5.10 Å². The Balaban J connectivity index is 1.28. The smallest absolute Gasteiger partial charge is 0.253 e. The van der Waals surface area contributed by atoms with E-state index in [-0.39, 0.29) is 17.7 Å². The molecule has 1 aliphatic carbocycles. The van der Waals surface area contributed by atoms with E-state index in [2.05, 4.69) is 71.7 Å². The Morgan fingerprint density at radius 3 is 2.71 bits per heavy atom. The van der Waals surface area contributed by atoms with E-state index in [1.54, 1.807) is 4.52 Å². The lowest BCUT2D eigenvalue weighted by Crippen LogP contribution is -2.32. The third-order valence-electron chi connectivity index (χ3n) is 6.57. The number of amides is 1. The minimum atomic E-state index is 0.00600. The Morgan fingerprint density at radius 2 is 1.88 bits per heavy atom. The van der Waals surface area contributed by atoms with Gasteiger partial charge in [-0.2, -0.15) is 4.98 Å². The first-order valence-electron chi connectivity index (χ1n) is 11.8. The van der Waals surface area contributed by atoms with E-state index in [9.17, 15) is 4.79 Å². The van der Waals surface area contributed by atoms with Crippen LogP contribution in [0.5, 0.6) is 0 Å². The lowest BCUT2D eigenvalue weighted by molar-refractivity contribution is -0.119. The Bertz CT molecular complexity index is 1350. The molecule has 0 unspecified atom stereocenters. The van der Waals surface area contributed by atoms with Gasteiger partial charge in [0.1, 0.15) is 0 Å². The van der Waals surface area contributed by atoms with E-state index < -0.39 is 0 Å². The molecule has 5 rings (SSSR count). The number of benzene rings is 2. The number of nitrogens with one attached hydrogen (secondary N) is 1. The van der Waals surface area contributed by atoms with Crippen molar-refractivity contribution in [2.45, 2.75) is 57.7 Å². The van der Waals surface area contributed by atoms with Crippen molar-refractivity contribution in [2.24, 2.45) is 0 Å². The average molecular weight is 472 g/mol. The summed E-state index contributed by atoms with van der Waals surface area (Å²) in [6.45, 7) is 6.17. The predicted octanol–water partition coefficient (Wildman–Crippen LogP) is 4.93. The van der Waals surface area contributed by atoms with Gasteiger partial charge < -0.3 is 5.32 Å². The first kappa shape index (κ1) is 22.6. The number of nitrogens with zero attached hydrogens (tertiary/aromatic N) is 4. The number of hydrogen-bond acceptors (Lipinski definition) is 5. The van der Waals surface area contributed by atoms with E-state index >= 15 is 0 Å². The number of fused-ring (bicyclic) bond motifs is 2. The first-order valence-corrected chi connectivity index (χ1v) is 12.7. The van der Waals surface area contributed by atoms with E-state index in [0.717, 1.165) is 42.6 Å². The lowest BCUT2D eigenvalue weighted by atomic mass is 9.88. The van der Waals surface area contributed by atoms with Gasteiger partial charge in [0.05, 0.1) is 11.8 Å². The average Bonchev–Trinajstić information content (AvgIpc) is 3.25. The van der Waals surface area contributed by atoms with Gasteiger partial charge in [0.25, 0.3) is 5.78 Å². The molecule has 4 aromatic rings. The van der Waals surface area contributed by atoms with Crippen molar-refractivity contribution in [3.63, 3.8) is 0 Å².